The lowest BCUT2D eigenvalue weighted by Gasteiger charge is -2.30. The van der Waals surface area contributed by atoms with Crippen LogP contribution in [0.1, 0.15) is 27.2 Å². The van der Waals surface area contributed by atoms with Crippen LogP contribution >= 0.6 is 0 Å². The zero-order valence-corrected chi connectivity index (χ0v) is 13.3. The maximum Gasteiger partial charge on any atom is 0.304 e. The van der Waals surface area contributed by atoms with Crippen molar-refractivity contribution in [3.05, 3.63) is 34.4 Å². The van der Waals surface area contributed by atoms with E-state index in [9.17, 15) is 23.3 Å². The van der Waals surface area contributed by atoms with E-state index in [0.29, 0.717) is 0 Å². The molecule has 8 nitrogen and oxygen atoms in total. The molecule has 0 saturated heterocycles. The smallest absolute Gasteiger partial charge is 0.304 e. The Bertz CT molecular complexity index is 661. The maximum atomic E-state index is 12.3. The number of sulfonamides is 1. The lowest BCUT2D eigenvalue weighted by Crippen LogP contribution is -2.44. The Morgan fingerprint density at radius 3 is 2.18 bits per heavy atom. The van der Waals surface area contributed by atoms with Crippen LogP contribution in [0, 0.1) is 15.5 Å². The van der Waals surface area contributed by atoms with E-state index < -0.39 is 32.4 Å². The Kier molecular flexibility index (Phi) is 5.26. The Labute approximate surface area is 128 Å². The molecule has 0 aliphatic heterocycles. The highest BCUT2D eigenvalue weighted by molar-refractivity contribution is 7.89. The molecule has 122 valence electrons. The van der Waals surface area contributed by atoms with E-state index in [2.05, 4.69) is 4.72 Å². The molecule has 0 fully saturated rings. The highest BCUT2D eigenvalue weighted by Gasteiger charge is 2.31. The molecule has 0 heterocycles. The average molecular weight is 330 g/mol. The van der Waals surface area contributed by atoms with E-state index in [1.165, 1.54) is 0 Å². The first-order valence-corrected chi connectivity index (χ1v) is 7.90. The van der Waals surface area contributed by atoms with Gasteiger partial charge in [-0.3, -0.25) is 14.9 Å². The number of carboxylic acid groups (broad SMARTS) is 1. The number of nitro groups is 1. The van der Waals surface area contributed by atoms with E-state index in [1.54, 1.807) is 20.8 Å². The van der Waals surface area contributed by atoms with Crippen LogP contribution in [0.15, 0.2) is 29.2 Å². The van der Waals surface area contributed by atoms with Crippen LogP contribution in [0.5, 0.6) is 0 Å². The molecule has 2 N–H and O–H groups in total. The molecule has 0 aromatic heterocycles. The first kappa shape index (κ1) is 18.1. The van der Waals surface area contributed by atoms with E-state index in [-0.39, 0.29) is 17.0 Å². The Morgan fingerprint density at radius 2 is 1.82 bits per heavy atom. The second-order valence-corrected chi connectivity index (χ2v) is 7.60. The van der Waals surface area contributed by atoms with Crippen LogP contribution in [-0.2, 0) is 14.8 Å². The predicted octanol–water partition coefficient (Wildman–Crippen LogP) is 1.76. The van der Waals surface area contributed by atoms with E-state index >= 15 is 0 Å². The summed E-state index contributed by atoms with van der Waals surface area (Å²) < 4.78 is 26.9. The second kappa shape index (κ2) is 6.41. The molecular weight excluding hydrogens is 312 g/mol. The summed E-state index contributed by atoms with van der Waals surface area (Å²) in [7, 11) is -3.97. The molecule has 0 bridgehead atoms. The van der Waals surface area contributed by atoms with E-state index in [0.717, 1.165) is 24.3 Å². The number of hydrogen-bond acceptors (Lipinski definition) is 5. The van der Waals surface area contributed by atoms with Crippen LogP contribution < -0.4 is 4.72 Å². The predicted molar refractivity (Wildman–Crippen MR) is 78.9 cm³/mol. The fraction of sp³-hybridized carbons (Fsp3) is 0.462. The molecule has 0 radical (unpaired) electrons. The molecule has 1 aromatic carbocycles. The fourth-order valence-corrected chi connectivity index (χ4v) is 3.14. The summed E-state index contributed by atoms with van der Waals surface area (Å²) in [6, 6.07) is 3.57. The summed E-state index contributed by atoms with van der Waals surface area (Å²) >= 11 is 0. The van der Waals surface area contributed by atoms with Crippen molar-refractivity contribution in [3.63, 3.8) is 0 Å². The van der Waals surface area contributed by atoms with Gasteiger partial charge in [0.15, 0.2) is 0 Å². The minimum Gasteiger partial charge on any atom is -0.481 e. The van der Waals surface area contributed by atoms with Gasteiger partial charge < -0.3 is 5.11 Å². The first-order valence-electron chi connectivity index (χ1n) is 6.42. The normalized spacial score (nSPS) is 13.6. The number of hydrogen-bond donors (Lipinski definition) is 2. The molecule has 0 aliphatic rings. The average Bonchev–Trinajstić information content (AvgIpc) is 2.36. The van der Waals surface area contributed by atoms with Crippen molar-refractivity contribution in [2.45, 2.75) is 38.1 Å². The number of rotatable bonds is 6. The Balaban J connectivity index is 3.06. The maximum absolute atomic E-state index is 12.3. The van der Waals surface area contributed by atoms with Gasteiger partial charge in [0.2, 0.25) is 10.0 Å². The molecule has 9 heteroatoms. The lowest BCUT2D eigenvalue weighted by atomic mass is 9.85. The van der Waals surface area contributed by atoms with Crippen LogP contribution in [0.4, 0.5) is 5.69 Å². The van der Waals surface area contributed by atoms with Crippen molar-refractivity contribution in [2.75, 3.05) is 0 Å². The van der Waals surface area contributed by atoms with Gasteiger partial charge in [0.25, 0.3) is 5.69 Å². The number of nitrogens with one attached hydrogen (secondary N) is 1. The second-order valence-electron chi connectivity index (χ2n) is 5.89. The molecule has 0 unspecified atom stereocenters. The summed E-state index contributed by atoms with van der Waals surface area (Å²) in [4.78, 5) is 20.7. The summed E-state index contributed by atoms with van der Waals surface area (Å²) in [5.74, 6) is -1.12. The largest absolute Gasteiger partial charge is 0.481 e. The quantitative estimate of drug-likeness (QED) is 0.604. The molecule has 22 heavy (non-hydrogen) atoms. The van der Waals surface area contributed by atoms with E-state index in [1.807, 2.05) is 0 Å². The van der Waals surface area contributed by atoms with Crippen LogP contribution in [0.2, 0.25) is 0 Å². The van der Waals surface area contributed by atoms with Gasteiger partial charge in [-0.1, -0.05) is 20.8 Å². The number of non-ortho nitro benzene ring substituents is 1. The molecule has 1 aromatic rings. The Hall–Kier alpha value is -2.00. The molecular formula is C13H18N2O6S. The number of carbonyl (C=O) groups is 1. The number of aliphatic carboxylic acids is 1. The minimum atomic E-state index is -3.97. The van der Waals surface area contributed by atoms with Crippen molar-refractivity contribution in [1.82, 2.24) is 4.72 Å². The minimum absolute atomic E-state index is 0.155. The summed E-state index contributed by atoms with van der Waals surface area (Å²) in [6.07, 6.45) is -0.365. The molecule has 0 saturated carbocycles. The molecule has 1 atom stereocenters. The SMILES string of the molecule is CC(C)(C)[C@H](CC(=O)O)NS(=O)(=O)c1ccc([N+](=O)[O-])cc1. The van der Waals surface area contributed by atoms with Gasteiger partial charge in [0, 0.05) is 18.2 Å². The summed E-state index contributed by atoms with van der Waals surface area (Å²) in [5.41, 5.74) is -0.830. The van der Waals surface area contributed by atoms with Crippen LogP contribution in [0.25, 0.3) is 0 Å². The highest BCUT2D eigenvalue weighted by Crippen LogP contribution is 2.24. The van der Waals surface area contributed by atoms with E-state index in [4.69, 9.17) is 5.11 Å². The molecule has 0 spiro atoms. The van der Waals surface area contributed by atoms with Gasteiger partial charge in [0.1, 0.15) is 0 Å². The van der Waals surface area contributed by atoms with Crippen molar-refractivity contribution >= 4 is 21.7 Å². The van der Waals surface area contributed by atoms with Crippen molar-refractivity contribution in [2.24, 2.45) is 5.41 Å². The Morgan fingerprint density at radius 1 is 1.32 bits per heavy atom. The van der Waals surface area contributed by atoms with Crippen LogP contribution in [-0.4, -0.2) is 30.5 Å². The zero-order valence-electron chi connectivity index (χ0n) is 12.4. The van der Waals surface area contributed by atoms with Gasteiger partial charge in [-0.2, -0.15) is 0 Å². The van der Waals surface area contributed by atoms with Gasteiger partial charge in [-0.15, -0.1) is 0 Å². The zero-order chi connectivity index (χ0) is 17.1. The molecule has 0 aliphatic carbocycles. The van der Waals surface area contributed by atoms with Crippen molar-refractivity contribution in [1.29, 1.82) is 0 Å². The summed E-state index contributed by atoms with van der Waals surface area (Å²) in [5, 5.41) is 19.5. The van der Waals surface area contributed by atoms with Crippen molar-refractivity contribution in [3.8, 4) is 0 Å². The summed E-state index contributed by atoms with van der Waals surface area (Å²) in [6.45, 7) is 5.16. The third kappa shape index (κ3) is 4.78. The highest BCUT2D eigenvalue weighted by atomic mass is 32.2. The van der Waals surface area contributed by atoms with Gasteiger partial charge in [-0.05, 0) is 17.5 Å². The first-order chi connectivity index (χ1) is 9.93. The number of nitrogens with zero attached hydrogens (tertiary/aromatic N) is 1. The number of carboxylic acids is 1. The lowest BCUT2D eigenvalue weighted by molar-refractivity contribution is -0.384. The topological polar surface area (TPSA) is 127 Å². The fourth-order valence-electron chi connectivity index (χ4n) is 1.70. The number of nitro benzene ring substituents is 1. The number of benzene rings is 1. The molecule has 1 rings (SSSR count). The third-order valence-corrected chi connectivity index (χ3v) is 4.57. The third-order valence-electron chi connectivity index (χ3n) is 3.08. The van der Waals surface area contributed by atoms with Gasteiger partial charge in [0.05, 0.1) is 16.2 Å². The standard InChI is InChI=1S/C13H18N2O6S/c1-13(2,3)11(8-12(16)17)14-22(20,21)10-6-4-9(5-7-10)15(18)19/h4-7,11,14H,8H2,1-3H3,(H,16,17)/t11-/m0/s1. The van der Waals surface area contributed by atoms with Gasteiger partial charge in [-0.25, -0.2) is 13.1 Å². The van der Waals surface area contributed by atoms with Crippen LogP contribution in [0.3, 0.4) is 0 Å². The molecule has 0 amide bonds. The van der Waals surface area contributed by atoms with Gasteiger partial charge >= 0.3 is 5.97 Å². The van der Waals surface area contributed by atoms with Crippen molar-refractivity contribution < 1.29 is 23.2 Å². The monoisotopic (exact) mass is 330 g/mol.